The number of nitrogens with zero attached hydrogens (tertiary/aromatic N) is 1. The van der Waals surface area contributed by atoms with Crippen molar-refractivity contribution in [2.75, 3.05) is 5.32 Å². The Hall–Kier alpha value is -2.38. The van der Waals surface area contributed by atoms with Gasteiger partial charge < -0.3 is 5.32 Å². The minimum absolute atomic E-state index is 0.394. The third kappa shape index (κ3) is 4.18. The van der Waals surface area contributed by atoms with Crippen LogP contribution >= 0.6 is 22.9 Å². The predicted octanol–water partition coefficient (Wildman–Crippen LogP) is 5.62. The molecule has 0 aliphatic carbocycles. The number of rotatable bonds is 3. The molecule has 25 heavy (non-hydrogen) atoms. The molecule has 0 spiro atoms. The Labute approximate surface area is 149 Å². The number of alkyl halides is 3. The molecule has 1 amide bonds. The van der Waals surface area contributed by atoms with Crippen molar-refractivity contribution in [1.29, 1.82) is 0 Å². The minimum Gasteiger partial charge on any atom is -0.322 e. The number of fused-ring (bicyclic) bond motifs is 1. The Morgan fingerprint density at radius 3 is 2.72 bits per heavy atom. The zero-order chi connectivity index (χ0) is 18.0. The highest BCUT2D eigenvalue weighted by Gasteiger charge is 2.32. The van der Waals surface area contributed by atoms with Crippen molar-refractivity contribution in [2.24, 2.45) is 0 Å². The second-order valence-electron chi connectivity index (χ2n) is 5.09. The summed E-state index contributed by atoms with van der Waals surface area (Å²) in [5, 5.41) is 2.27. The molecule has 0 saturated heterocycles. The molecular formula is C17H10ClF3N2OS. The summed E-state index contributed by atoms with van der Waals surface area (Å²) in [6.07, 6.45) is -1.88. The van der Waals surface area contributed by atoms with E-state index in [-0.39, 0.29) is 0 Å². The lowest BCUT2D eigenvalue weighted by molar-refractivity contribution is -0.137. The lowest BCUT2D eigenvalue weighted by atomic mass is 10.1. The topological polar surface area (TPSA) is 42.0 Å². The number of hydrogen-bond donors (Lipinski definition) is 1. The highest BCUT2D eigenvalue weighted by Crippen LogP contribution is 2.35. The largest absolute Gasteiger partial charge is 0.417 e. The average molecular weight is 383 g/mol. The highest BCUT2D eigenvalue weighted by atomic mass is 35.5. The number of benzene rings is 2. The van der Waals surface area contributed by atoms with E-state index in [2.05, 4.69) is 10.3 Å². The summed E-state index contributed by atoms with van der Waals surface area (Å²) in [6, 6.07) is 8.62. The van der Waals surface area contributed by atoms with Crippen molar-refractivity contribution in [3.8, 4) is 0 Å². The van der Waals surface area contributed by atoms with Crippen LogP contribution in [0.4, 0.5) is 18.9 Å². The van der Waals surface area contributed by atoms with E-state index in [1.54, 1.807) is 23.7 Å². The van der Waals surface area contributed by atoms with Gasteiger partial charge in [0.1, 0.15) is 0 Å². The number of halogens is 4. The highest BCUT2D eigenvalue weighted by molar-refractivity contribution is 7.16. The van der Waals surface area contributed by atoms with Gasteiger partial charge in [0.15, 0.2) is 0 Å². The first kappa shape index (κ1) is 17.4. The molecule has 0 saturated carbocycles. The molecule has 3 rings (SSSR count). The Morgan fingerprint density at radius 2 is 2.00 bits per heavy atom. The normalized spacial score (nSPS) is 12.0. The summed E-state index contributed by atoms with van der Waals surface area (Å²) in [5.74, 6) is -0.403. The van der Waals surface area contributed by atoms with E-state index in [4.69, 9.17) is 11.6 Å². The number of hydrogen-bond acceptors (Lipinski definition) is 3. The molecule has 8 heteroatoms. The predicted molar refractivity (Wildman–Crippen MR) is 93.7 cm³/mol. The summed E-state index contributed by atoms with van der Waals surface area (Å²) in [7, 11) is 0. The number of nitrogens with one attached hydrogen (secondary N) is 1. The van der Waals surface area contributed by atoms with Gasteiger partial charge in [-0.25, -0.2) is 4.98 Å². The van der Waals surface area contributed by atoms with E-state index in [1.165, 1.54) is 29.6 Å². The van der Waals surface area contributed by atoms with Crippen LogP contribution in [-0.2, 0) is 11.0 Å². The quantitative estimate of drug-likeness (QED) is 0.597. The van der Waals surface area contributed by atoms with Gasteiger partial charge in [-0.3, -0.25) is 4.79 Å². The zero-order valence-corrected chi connectivity index (χ0v) is 14.0. The van der Waals surface area contributed by atoms with E-state index in [9.17, 15) is 18.0 Å². The molecular weight excluding hydrogens is 373 g/mol. The van der Waals surface area contributed by atoms with E-state index >= 15 is 0 Å². The molecule has 0 bridgehead atoms. The van der Waals surface area contributed by atoms with E-state index in [1.807, 2.05) is 0 Å². The summed E-state index contributed by atoms with van der Waals surface area (Å²) >= 11 is 7.10. The average Bonchev–Trinajstić information content (AvgIpc) is 2.99. The van der Waals surface area contributed by atoms with Crippen LogP contribution in [0.1, 0.15) is 11.1 Å². The van der Waals surface area contributed by atoms with Crippen LogP contribution in [0, 0.1) is 0 Å². The Bertz CT molecular complexity index is 966. The fourth-order valence-corrected chi connectivity index (χ4v) is 3.17. The van der Waals surface area contributed by atoms with Crippen molar-refractivity contribution in [3.05, 3.63) is 64.1 Å². The van der Waals surface area contributed by atoms with Crippen LogP contribution in [0.3, 0.4) is 0 Å². The summed E-state index contributed by atoms with van der Waals surface area (Å²) in [6.45, 7) is 0. The Kier molecular flexibility index (Phi) is 4.78. The van der Waals surface area contributed by atoms with Gasteiger partial charge in [0.25, 0.3) is 0 Å². The Morgan fingerprint density at radius 1 is 1.20 bits per heavy atom. The number of aromatic nitrogens is 1. The lowest BCUT2D eigenvalue weighted by Gasteiger charge is -2.08. The number of thiazole rings is 1. The van der Waals surface area contributed by atoms with Crippen LogP contribution in [0.5, 0.6) is 0 Å². The second-order valence-corrected chi connectivity index (χ2v) is 6.39. The smallest absolute Gasteiger partial charge is 0.322 e. The third-order valence-corrected chi connectivity index (χ3v) is 4.43. The molecule has 1 aromatic heterocycles. The second kappa shape index (κ2) is 6.85. The van der Waals surface area contributed by atoms with Crippen molar-refractivity contribution in [3.63, 3.8) is 0 Å². The van der Waals surface area contributed by atoms with Crippen LogP contribution in [0.2, 0.25) is 5.02 Å². The van der Waals surface area contributed by atoms with Crippen LogP contribution in [0.25, 0.3) is 16.3 Å². The summed E-state index contributed by atoms with van der Waals surface area (Å²) < 4.78 is 38.9. The van der Waals surface area contributed by atoms with Gasteiger partial charge in [-0.2, -0.15) is 13.2 Å². The van der Waals surface area contributed by atoms with Gasteiger partial charge in [0, 0.05) is 11.8 Å². The van der Waals surface area contributed by atoms with E-state index in [0.29, 0.717) is 11.3 Å². The number of anilines is 1. The molecule has 0 aliphatic heterocycles. The maximum absolute atomic E-state index is 12.7. The molecule has 0 radical (unpaired) electrons. The van der Waals surface area contributed by atoms with Crippen molar-refractivity contribution in [1.82, 2.24) is 4.98 Å². The third-order valence-electron chi connectivity index (χ3n) is 3.32. The van der Waals surface area contributed by atoms with Crippen LogP contribution in [0.15, 0.2) is 48.0 Å². The monoisotopic (exact) mass is 382 g/mol. The summed E-state index contributed by atoms with van der Waals surface area (Å²) in [5.41, 5.74) is 2.65. The van der Waals surface area contributed by atoms with E-state index < -0.39 is 22.7 Å². The standard InChI is InChI=1S/C17H10ClF3N2OS/c18-13-7-10(1-4-12(13)17(19,20)21)2-6-16(24)23-11-3-5-14-15(8-11)25-9-22-14/h1-9H,(H,23,24). The van der Waals surface area contributed by atoms with Gasteiger partial charge in [-0.1, -0.05) is 17.7 Å². The molecule has 128 valence electrons. The molecule has 0 fully saturated rings. The van der Waals surface area contributed by atoms with Gasteiger partial charge in [0.2, 0.25) is 5.91 Å². The zero-order valence-electron chi connectivity index (χ0n) is 12.5. The molecule has 0 atom stereocenters. The molecule has 1 heterocycles. The van der Waals surface area contributed by atoms with Crippen LogP contribution < -0.4 is 5.32 Å². The fourth-order valence-electron chi connectivity index (χ4n) is 2.15. The molecule has 3 nitrogen and oxygen atoms in total. The summed E-state index contributed by atoms with van der Waals surface area (Å²) in [4.78, 5) is 16.1. The molecule has 1 N–H and O–H groups in total. The fraction of sp³-hybridized carbons (Fsp3) is 0.0588. The van der Waals surface area contributed by atoms with Crippen molar-refractivity contribution in [2.45, 2.75) is 6.18 Å². The maximum Gasteiger partial charge on any atom is 0.417 e. The van der Waals surface area contributed by atoms with Gasteiger partial charge in [-0.05, 0) is 42.0 Å². The number of amides is 1. The first-order valence-corrected chi connectivity index (χ1v) is 8.28. The van der Waals surface area contributed by atoms with Crippen LogP contribution in [-0.4, -0.2) is 10.9 Å². The molecule has 0 aliphatic rings. The Balaban J connectivity index is 1.70. The van der Waals surface area contributed by atoms with Gasteiger partial charge in [-0.15, -0.1) is 11.3 Å². The maximum atomic E-state index is 12.7. The number of carbonyl (C=O) groups excluding carboxylic acids is 1. The van der Waals surface area contributed by atoms with Gasteiger partial charge in [0.05, 0.1) is 26.3 Å². The first-order chi connectivity index (χ1) is 11.8. The SMILES string of the molecule is O=C(C=Cc1ccc(C(F)(F)F)c(Cl)c1)Nc1ccc2ncsc2c1. The lowest BCUT2D eigenvalue weighted by Crippen LogP contribution is -2.07. The van der Waals surface area contributed by atoms with E-state index in [0.717, 1.165) is 22.3 Å². The minimum atomic E-state index is -4.51. The molecule has 3 aromatic rings. The number of carbonyl (C=O) groups is 1. The van der Waals surface area contributed by atoms with Gasteiger partial charge >= 0.3 is 6.18 Å². The molecule has 0 unspecified atom stereocenters. The van der Waals surface area contributed by atoms with Crippen molar-refractivity contribution < 1.29 is 18.0 Å². The van der Waals surface area contributed by atoms with Crippen molar-refractivity contribution >= 4 is 50.8 Å². The molecule has 2 aromatic carbocycles. The first-order valence-electron chi connectivity index (χ1n) is 7.02.